The molecular formula is C24H26O6. The molecule has 0 radical (unpaired) electrons. The summed E-state index contributed by atoms with van der Waals surface area (Å²) >= 11 is 0. The van der Waals surface area contributed by atoms with Crippen LogP contribution in [0.25, 0.3) is 11.1 Å². The molecule has 0 aliphatic carbocycles. The van der Waals surface area contributed by atoms with Gasteiger partial charge in [-0.2, -0.15) is 0 Å². The maximum absolute atomic E-state index is 9.04. The van der Waals surface area contributed by atoms with Crippen LogP contribution in [0.4, 0.5) is 0 Å². The van der Waals surface area contributed by atoms with Crippen LogP contribution in [-0.4, -0.2) is 43.8 Å². The molecule has 0 unspecified atom stereocenters. The molecule has 3 aromatic carbocycles. The highest BCUT2D eigenvalue weighted by molar-refractivity contribution is 5.70. The van der Waals surface area contributed by atoms with Gasteiger partial charge in [0.25, 0.3) is 0 Å². The standard InChI is InChI=1S/C24H26O6/c1-27-24-15-19(7-8-23(24)30-17-18-5-3-2-4-6-18)20-13-21(28-11-9-25)16-22(14-20)29-12-10-26/h2-8,13-16,25-26H,9-12,17H2,1H3. The number of methoxy groups -OCH3 is 1. The third kappa shape index (κ3) is 5.89. The van der Waals surface area contributed by atoms with E-state index in [-0.39, 0.29) is 26.4 Å². The molecule has 0 spiro atoms. The zero-order chi connectivity index (χ0) is 21.2. The minimum atomic E-state index is -0.0850. The molecule has 3 rings (SSSR count). The molecular weight excluding hydrogens is 384 g/mol. The molecule has 0 aromatic heterocycles. The average Bonchev–Trinajstić information content (AvgIpc) is 2.80. The Morgan fingerprint density at radius 2 is 1.33 bits per heavy atom. The van der Waals surface area contributed by atoms with Gasteiger partial charge in [0.15, 0.2) is 11.5 Å². The first kappa shape index (κ1) is 21.5. The smallest absolute Gasteiger partial charge is 0.161 e. The van der Waals surface area contributed by atoms with Crippen LogP contribution in [0.2, 0.25) is 0 Å². The second kappa shape index (κ2) is 11.1. The van der Waals surface area contributed by atoms with Crippen molar-refractivity contribution >= 4 is 0 Å². The molecule has 3 aromatic rings. The van der Waals surface area contributed by atoms with E-state index in [1.165, 1.54) is 0 Å². The third-order valence-electron chi connectivity index (χ3n) is 4.33. The van der Waals surface area contributed by atoms with E-state index in [4.69, 9.17) is 29.2 Å². The minimum absolute atomic E-state index is 0.0850. The molecule has 0 heterocycles. The second-order valence-corrected chi connectivity index (χ2v) is 6.48. The summed E-state index contributed by atoms with van der Waals surface area (Å²) in [5.41, 5.74) is 2.82. The lowest BCUT2D eigenvalue weighted by molar-refractivity contribution is 0.195. The van der Waals surface area contributed by atoms with E-state index in [1.807, 2.05) is 60.7 Å². The molecule has 2 N–H and O–H groups in total. The van der Waals surface area contributed by atoms with Gasteiger partial charge in [-0.05, 0) is 41.0 Å². The van der Waals surface area contributed by atoms with Crippen molar-refractivity contribution in [3.8, 4) is 34.1 Å². The number of rotatable bonds is 11. The summed E-state index contributed by atoms with van der Waals surface area (Å²) in [6.45, 7) is 0.633. The Balaban J connectivity index is 1.84. The van der Waals surface area contributed by atoms with Crippen molar-refractivity contribution in [3.05, 3.63) is 72.3 Å². The Hall–Kier alpha value is -3.22. The van der Waals surface area contributed by atoms with Crippen LogP contribution in [0.3, 0.4) is 0 Å². The van der Waals surface area contributed by atoms with Gasteiger partial charge >= 0.3 is 0 Å². The van der Waals surface area contributed by atoms with E-state index in [9.17, 15) is 0 Å². The molecule has 0 aliphatic heterocycles. The summed E-state index contributed by atoms with van der Waals surface area (Å²) in [5, 5.41) is 18.1. The lowest BCUT2D eigenvalue weighted by Gasteiger charge is -2.14. The maximum Gasteiger partial charge on any atom is 0.161 e. The van der Waals surface area contributed by atoms with Gasteiger partial charge in [-0.15, -0.1) is 0 Å². The van der Waals surface area contributed by atoms with E-state index < -0.39 is 0 Å². The summed E-state index contributed by atoms with van der Waals surface area (Å²) in [6, 6.07) is 21.1. The zero-order valence-corrected chi connectivity index (χ0v) is 16.9. The van der Waals surface area contributed by atoms with E-state index in [0.717, 1.165) is 16.7 Å². The van der Waals surface area contributed by atoms with Gasteiger partial charge in [0.1, 0.15) is 31.3 Å². The lowest BCUT2D eigenvalue weighted by atomic mass is 10.0. The number of hydrogen-bond donors (Lipinski definition) is 2. The van der Waals surface area contributed by atoms with Crippen molar-refractivity contribution in [2.24, 2.45) is 0 Å². The van der Waals surface area contributed by atoms with Gasteiger partial charge in [-0.1, -0.05) is 36.4 Å². The molecule has 0 saturated heterocycles. The molecule has 0 bridgehead atoms. The van der Waals surface area contributed by atoms with Gasteiger partial charge < -0.3 is 29.2 Å². The number of ether oxygens (including phenoxy) is 4. The first-order chi connectivity index (χ1) is 14.7. The number of aliphatic hydroxyl groups excluding tert-OH is 2. The average molecular weight is 410 g/mol. The number of hydrogen-bond acceptors (Lipinski definition) is 6. The first-order valence-electron chi connectivity index (χ1n) is 9.71. The molecule has 6 nitrogen and oxygen atoms in total. The van der Waals surface area contributed by atoms with Crippen LogP contribution in [0, 0.1) is 0 Å². The van der Waals surface area contributed by atoms with Crippen LogP contribution < -0.4 is 18.9 Å². The Morgan fingerprint density at radius 1 is 0.667 bits per heavy atom. The predicted octanol–water partition coefficient (Wildman–Crippen LogP) is 3.68. The monoisotopic (exact) mass is 410 g/mol. The quantitative estimate of drug-likeness (QED) is 0.502. The summed E-state index contributed by atoms with van der Waals surface area (Å²) < 4.78 is 22.6. The van der Waals surface area contributed by atoms with Gasteiger partial charge in [-0.3, -0.25) is 0 Å². The molecule has 30 heavy (non-hydrogen) atoms. The summed E-state index contributed by atoms with van der Waals surface area (Å²) in [5.74, 6) is 2.40. The van der Waals surface area contributed by atoms with Crippen LogP contribution in [0.15, 0.2) is 66.7 Å². The third-order valence-corrected chi connectivity index (χ3v) is 4.33. The predicted molar refractivity (Wildman–Crippen MR) is 114 cm³/mol. The Kier molecular flexibility index (Phi) is 7.94. The van der Waals surface area contributed by atoms with Crippen molar-refractivity contribution in [3.63, 3.8) is 0 Å². The van der Waals surface area contributed by atoms with E-state index in [1.54, 1.807) is 13.2 Å². The molecule has 0 amide bonds. The Morgan fingerprint density at radius 3 is 1.93 bits per heavy atom. The molecule has 0 aliphatic rings. The molecule has 158 valence electrons. The summed E-state index contributed by atoms with van der Waals surface area (Å²) in [6.07, 6.45) is 0. The topological polar surface area (TPSA) is 77.4 Å². The highest BCUT2D eigenvalue weighted by Crippen LogP contribution is 2.36. The SMILES string of the molecule is COc1cc(-c2cc(OCCO)cc(OCCO)c2)ccc1OCc1ccccc1. The fraction of sp³-hybridized carbons (Fsp3) is 0.250. The fourth-order valence-electron chi connectivity index (χ4n) is 2.93. The fourth-order valence-corrected chi connectivity index (χ4v) is 2.93. The van der Waals surface area contributed by atoms with E-state index in [2.05, 4.69) is 0 Å². The van der Waals surface area contributed by atoms with Gasteiger partial charge in [0.2, 0.25) is 0 Å². The second-order valence-electron chi connectivity index (χ2n) is 6.48. The number of aliphatic hydroxyl groups is 2. The van der Waals surface area contributed by atoms with Crippen LogP contribution in [0.1, 0.15) is 5.56 Å². The van der Waals surface area contributed by atoms with E-state index >= 15 is 0 Å². The largest absolute Gasteiger partial charge is 0.493 e. The van der Waals surface area contributed by atoms with Crippen LogP contribution in [-0.2, 0) is 6.61 Å². The highest BCUT2D eigenvalue weighted by Gasteiger charge is 2.11. The summed E-state index contributed by atoms with van der Waals surface area (Å²) in [7, 11) is 1.60. The highest BCUT2D eigenvalue weighted by atomic mass is 16.5. The van der Waals surface area contributed by atoms with Gasteiger partial charge in [0.05, 0.1) is 20.3 Å². The van der Waals surface area contributed by atoms with Crippen LogP contribution >= 0.6 is 0 Å². The Labute approximate surface area is 176 Å². The van der Waals surface area contributed by atoms with Crippen molar-refractivity contribution in [1.82, 2.24) is 0 Å². The van der Waals surface area contributed by atoms with E-state index in [0.29, 0.717) is 29.6 Å². The molecule has 0 saturated carbocycles. The van der Waals surface area contributed by atoms with Gasteiger partial charge in [-0.25, -0.2) is 0 Å². The van der Waals surface area contributed by atoms with Gasteiger partial charge in [0, 0.05) is 6.07 Å². The first-order valence-corrected chi connectivity index (χ1v) is 9.71. The lowest BCUT2D eigenvalue weighted by Crippen LogP contribution is -2.04. The van der Waals surface area contributed by atoms with Crippen molar-refractivity contribution in [1.29, 1.82) is 0 Å². The minimum Gasteiger partial charge on any atom is -0.493 e. The molecule has 0 atom stereocenters. The van der Waals surface area contributed by atoms with Crippen molar-refractivity contribution < 1.29 is 29.2 Å². The molecule has 0 fully saturated rings. The Bertz CT molecular complexity index is 900. The molecule has 6 heteroatoms. The zero-order valence-electron chi connectivity index (χ0n) is 16.9. The van der Waals surface area contributed by atoms with Crippen LogP contribution in [0.5, 0.6) is 23.0 Å². The maximum atomic E-state index is 9.04. The van der Waals surface area contributed by atoms with Crippen molar-refractivity contribution in [2.45, 2.75) is 6.61 Å². The summed E-state index contributed by atoms with van der Waals surface area (Å²) in [4.78, 5) is 0. The normalized spacial score (nSPS) is 10.5. The van der Waals surface area contributed by atoms with Crippen molar-refractivity contribution in [2.75, 3.05) is 33.5 Å². The number of benzene rings is 3.